The van der Waals surface area contributed by atoms with Crippen LogP contribution in [0.2, 0.25) is 5.02 Å². The monoisotopic (exact) mass is 281 g/mol. The number of amides is 1. The molecular weight excluding hydrogens is 262 g/mol. The molecule has 0 radical (unpaired) electrons. The van der Waals surface area contributed by atoms with Gasteiger partial charge in [0.15, 0.2) is 0 Å². The van der Waals surface area contributed by atoms with E-state index >= 15 is 0 Å². The lowest BCUT2D eigenvalue weighted by atomic mass is 9.84. The quantitative estimate of drug-likeness (QED) is 0.922. The van der Waals surface area contributed by atoms with E-state index < -0.39 is 0 Å². The van der Waals surface area contributed by atoms with Crippen LogP contribution in [0.5, 0.6) is 0 Å². The van der Waals surface area contributed by atoms with Gasteiger partial charge < -0.3 is 10.1 Å². The summed E-state index contributed by atoms with van der Waals surface area (Å²) in [4.78, 5) is 11.9. The van der Waals surface area contributed by atoms with E-state index in [0.717, 1.165) is 23.4 Å². The topological polar surface area (TPSA) is 38.3 Å². The molecule has 1 aromatic rings. The van der Waals surface area contributed by atoms with E-state index in [1.165, 1.54) is 0 Å². The molecule has 2 rings (SSSR count). The van der Waals surface area contributed by atoms with Gasteiger partial charge in [0.05, 0.1) is 0 Å². The maximum atomic E-state index is 11.9. The first-order chi connectivity index (χ1) is 8.99. The molecule has 1 N–H and O–H groups in total. The van der Waals surface area contributed by atoms with Gasteiger partial charge in [0.2, 0.25) is 5.91 Å². The van der Waals surface area contributed by atoms with E-state index in [1.807, 2.05) is 24.3 Å². The summed E-state index contributed by atoms with van der Waals surface area (Å²) in [5, 5.41) is 3.71. The van der Waals surface area contributed by atoms with Crippen molar-refractivity contribution in [1.82, 2.24) is 5.32 Å². The van der Waals surface area contributed by atoms with Gasteiger partial charge in [0.25, 0.3) is 0 Å². The van der Waals surface area contributed by atoms with Gasteiger partial charge in [-0.25, -0.2) is 0 Å². The molecule has 0 spiro atoms. The van der Waals surface area contributed by atoms with Crippen molar-refractivity contribution in [2.75, 3.05) is 13.2 Å². The molecule has 0 aromatic heterocycles. The Morgan fingerprint density at radius 3 is 2.68 bits per heavy atom. The van der Waals surface area contributed by atoms with Crippen molar-refractivity contribution in [2.24, 2.45) is 0 Å². The van der Waals surface area contributed by atoms with E-state index in [-0.39, 0.29) is 17.4 Å². The summed E-state index contributed by atoms with van der Waals surface area (Å²) in [6.07, 6.45) is 1.53. The molecule has 19 heavy (non-hydrogen) atoms. The third-order valence-corrected chi connectivity index (χ3v) is 3.80. The van der Waals surface area contributed by atoms with Gasteiger partial charge in [-0.1, -0.05) is 37.6 Å². The van der Waals surface area contributed by atoms with Crippen molar-refractivity contribution in [1.29, 1.82) is 0 Å². The van der Waals surface area contributed by atoms with Gasteiger partial charge in [-0.05, 0) is 30.5 Å². The fraction of sp³-hybridized carbons (Fsp3) is 0.533. The van der Waals surface area contributed by atoms with Crippen molar-refractivity contribution in [2.45, 2.75) is 38.2 Å². The zero-order valence-corrected chi connectivity index (χ0v) is 12.2. The Morgan fingerprint density at radius 1 is 1.42 bits per heavy atom. The van der Waals surface area contributed by atoms with Crippen LogP contribution < -0.4 is 5.32 Å². The standard InChI is InChI=1S/C15H20ClNO2/c1-15(2,11-5-7-12(16)8-6-11)10-17-14(18)13-4-3-9-19-13/h5-8,13H,3-4,9-10H2,1-2H3,(H,17,18). The Hall–Kier alpha value is -1.06. The molecule has 3 nitrogen and oxygen atoms in total. The van der Waals surface area contributed by atoms with Crippen molar-refractivity contribution in [3.8, 4) is 0 Å². The molecule has 104 valence electrons. The average molecular weight is 282 g/mol. The fourth-order valence-electron chi connectivity index (χ4n) is 2.21. The SMILES string of the molecule is CC(C)(CNC(=O)C1CCCO1)c1ccc(Cl)cc1. The lowest BCUT2D eigenvalue weighted by Crippen LogP contribution is -2.41. The zero-order chi connectivity index (χ0) is 13.9. The number of carbonyl (C=O) groups is 1. The second-order valence-corrected chi connectivity index (χ2v) is 6.05. The first-order valence-electron chi connectivity index (χ1n) is 6.64. The second kappa shape index (κ2) is 5.93. The molecule has 1 aliphatic rings. The Balaban J connectivity index is 1.93. The van der Waals surface area contributed by atoms with Gasteiger partial charge in [-0.2, -0.15) is 0 Å². The number of benzene rings is 1. The maximum Gasteiger partial charge on any atom is 0.249 e. The van der Waals surface area contributed by atoms with E-state index in [2.05, 4.69) is 19.2 Å². The highest BCUT2D eigenvalue weighted by molar-refractivity contribution is 6.30. The smallest absolute Gasteiger partial charge is 0.249 e. The molecule has 4 heteroatoms. The lowest BCUT2D eigenvalue weighted by Gasteiger charge is -2.26. The number of nitrogens with one attached hydrogen (secondary N) is 1. The number of hydrogen-bond donors (Lipinski definition) is 1. The molecule has 1 heterocycles. The molecule has 1 saturated heterocycles. The largest absolute Gasteiger partial charge is 0.368 e. The van der Waals surface area contributed by atoms with Gasteiger partial charge in [0.1, 0.15) is 6.10 Å². The summed E-state index contributed by atoms with van der Waals surface area (Å²) in [7, 11) is 0. The predicted octanol–water partition coefficient (Wildman–Crippen LogP) is 2.91. The highest BCUT2D eigenvalue weighted by atomic mass is 35.5. The first-order valence-corrected chi connectivity index (χ1v) is 7.02. The summed E-state index contributed by atoms with van der Waals surface area (Å²) in [5.41, 5.74) is 1.03. The molecule has 0 saturated carbocycles. The number of carbonyl (C=O) groups excluding carboxylic acids is 1. The van der Waals surface area contributed by atoms with Crippen LogP contribution in [0, 0.1) is 0 Å². The van der Waals surface area contributed by atoms with Crippen LogP contribution in [0.15, 0.2) is 24.3 Å². The molecular formula is C15H20ClNO2. The summed E-state index contributed by atoms with van der Waals surface area (Å²) in [5.74, 6) is -0.000427. The van der Waals surface area contributed by atoms with Crippen molar-refractivity contribution >= 4 is 17.5 Å². The van der Waals surface area contributed by atoms with Crippen molar-refractivity contribution in [3.63, 3.8) is 0 Å². The third-order valence-electron chi connectivity index (χ3n) is 3.55. The van der Waals surface area contributed by atoms with Crippen LogP contribution in [0.1, 0.15) is 32.3 Å². The Morgan fingerprint density at radius 2 is 2.11 bits per heavy atom. The van der Waals surface area contributed by atoms with E-state index in [0.29, 0.717) is 13.2 Å². The van der Waals surface area contributed by atoms with E-state index in [1.54, 1.807) is 0 Å². The average Bonchev–Trinajstić information content (AvgIpc) is 2.90. The minimum Gasteiger partial charge on any atom is -0.368 e. The van der Waals surface area contributed by atoms with E-state index in [9.17, 15) is 4.79 Å². The van der Waals surface area contributed by atoms with Gasteiger partial charge in [-0.3, -0.25) is 4.79 Å². The van der Waals surface area contributed by atoms with Crippen LogP contribution in [-0.4, -0.2) is 25.2 Å². The molecule has 0 aliphatic carbocycles. The van der Waals surface area contributed by atoms with Crippen molar-refractivity contribution < 1.29 is 9.53 Å². The normalized spacial score (nSPS) is 19.4. The number of ether oxygens (including phenoxy) is 1. The van der Waals surface area contributed by atoms with Crippen molar-refractivity contribution in [3.05, 3.63) is 34.9 Å². The summed E-state index contributed by atoms with van der Waals surface area (Å²) in [6.45, 7) is 5.49. The van der Waals surface area contributed by atoms with Gasteiger partial charge in [0, 0.05) is 23.6 Å². The Bertz CT molecular complexity index is 436. The van der Waals surface area contributed by atoms with Gasteiger partial charge in [-0.15, -0.1) is 0 Å². The van der Waals surface area contributed by atoms with Crippen LogP contribution in [0.4, 0.5) is 0 Å². The Kier molecular flexibility index (Phi) is 4.48. The zero-order valence-electron chi connectivity index (χ0n) is 11.4. The highest BCUT2D eigenvalue weighted by Crippen LogP contribution is 2.24. The van der Waals surface area contributed by atoms with Crippen LogP contribution in [0.25, 0.3) is 0 Å². The number of hydrogen-bond acceptors (Lipinski definition) is 2. The molecule has 1 amide bonds. The molecule has 1 aromatic carbocycles. The molecule has 1 unspecified atom stereocenters. The summed E-state index contributed by atoms with van der Waals surface area (Å²) < 4.78 is 5.37. The van der Waals surface area contributed by atoms with Gasteiger partial charge >= 0.3 is 0 Å². The Labute approximate surface area is 119 Å². The minimum absolute atomic E-state index is 0.000427. The molecule has 1 fully saturated rings. The summed E-state index contributed by atoms with van der Waals surface area (Å²) in [6, 6.07) is 7.75. The molecule has 0 bridgehead atoms. The maximum absolute atomic E-state index is 11.9. The minimum atomic E-state index is -0.263. The molecule has 1 aliphatic heterocycles. The third kappa shape index (κ3) is 3.71. The number of rotatable bonds is 4. The number of halogens is 1. The lowest BCUT2D eigenvalue weighted by molar-refractivity contribution is -0.130. The highest BCUT2D eigenvalue weighted by Gasteiger charge is 2.26. The van der Waals surface area contributed by atoms with E-state index in [4.69, 9.17) is 16.3 Å². The predicted molar refractivity (Wildman–Crippen MR) is 76.5 cm³/mol. The second-order valence-electron chi connectivity index (χ2n) is 5.61. The van der Waals surface area contributed by atoms with Crippen LogP contribution in [-0.2, 0) is 14.9 Å². The molecule has 1 atom stereocenters. The van der Waals surface area contributed by atoms with Crippen LogP contribution in [0.3, 0.4) is 0 Å². The fourth-order valence-corrected chi connectivity index (χ4v) is 2.34. The first kappa shape index (κ1) is 14.4. The van der Waals surface area contributed by atoms with Crippen LogP contribution >= 0.6 is 11.6 Å². The summed E-state index contributed by atoms with van der Waals surface area (Å²) >= 11 is 5.89.